The molecule has 0 amide bonds. The largest absolute Gasteiger partial charge is 0.396 e. The van der Waals surface area contributed by atoms with Gasteiger partial charge in [-0.25, -0.2) is 13.1 Å². The molecule has 0 bridgehead atoms. The number of aryl methyl sites for hydroxylation is 2. The lowest BCUT2D eigenvalue weighted by atomic mass is 10.0. The van der Waals surface area contributed by atoms with Crippen molar-refractivity contribution in [2.24, 2.45) is 5.92 Å². The highest BCUT2D eigenvalue weighted by atomic mass is 32.2. The Bertz CT molecular complexity index is 480. The van der Waals surface area contributed by atoms with E-state index >= 15 is 0 Å². The molecule has 1 rings (SSSR count). The van der Waals surface area contributed by atoms with Gasteiger partial charge in [0, 0.05) is 22.9 Å². The third-order valence-corrected chi connectivity index (χ3v) is 5.61. The summed E-state index contributed by atoms with van der Waals surface area (Å²) in [6.45, 7) is 6.19. The molecule has 1 unspecified atom stereocenters. The fraction of sp³-hybridized carbons (Fsp3) is 0.667. The van der Waals surface area contributed by atoms with Crippen molar-refractivity contribution in [3.05, 3.63) is 15.8 Å². The summed E-state index contributed by atoms with van der Waals surface area (Å²) in [5, 5.41) is 8.89. The van der Waals surface area contributed by atoms with Crippen molar-refractivity contribution >= 4 is 21.4 Å². The normalized spacial score (nSPS) is 13.8. The average molecular weight is 291 g/mol. The van der Waals surface area contributed by atoms with Crippen molar-refractivity contribution in [3.63, 3.8) is 0 Å². The number of rotatable bonds is 7. The Morgan fingerprint density at radius 3 is 2.56 bits per heavy atom. The van der Waals surface area contributed by atoms with Gasteiger partial charge in [0.15, 0.2) is 0 Å². The number of hydrogen-bond acceptors (Lipinski definition) is 4. The topological polar surface area (TPSA) is 66.4 Å². The lowest BCUT2D eigenvalue weighted by molar-refractivity contribution is 0.254. The molecule has 1 aromatic heterocycles. The molecular weight excluding hydrogens is 270 g/mol. The van der Waals surface area contributed by atoms with Crippen LogP contribution in [0.25, 0.3) is 0 Å². The van der Waals surface area contributed by atoms with Gasteiger partial charge in [-0.1, -0.05) is 13.3 Å². The molecule has 0 aliphatic heterocycles. The van der Waals surface area contributed by atoms with E-state index in [1.54, 1.807) is 6.07 Å². The van der Waals surface area contributed by atoms with E-state index in [9.17, 15) is 8.42 Å². The van der Waals surface area contributed by atoms with E-state index in [0.29, 0.717) is 17.9 Å². The number of aliphatic hydroxyl groups excluding tert-OH is 1. The summed E-state index contributed by atoms with van der Waals surface area (Å²) in [4.78, 5) is 2.19. The smallest absolute Gasteiger partial charge is 0.241 e. The van der Waals surface area contributed by atoms with Crippen molar-refractivity contribution in [2.75, 3.05) is 13.2 Å². The van der Waals surface area contributed by atoms with Crippen molar-refractivity contribution in [3.8, 4) is 0 Å². The van der Waals surface area contributed by atoms with E-state index in [2.05, 4.69) is 4.72 Å². The molecule has 0 aliphatic carbocycles. The molecule has 0 aliphatic rings. The number of aliphatic hydroxyl groups is 1. The number of sulfonamides is 1. The molecule has 0 aromatic carbocycles. The van der Waals surface area contributed by atoms with Gasteiger partial charge >= 0.3 is 0 Å². The van der Waals surface area contributed by atoms with Crippen LogP contribution in [0.2, 0.25) is 0 Å². The molecule has 1 heterocycles. The van der Waals surface area contributed by atoms with E-state index in [1.165, 1.54) is 11.3 Å². The van der Waals surface area contributed by atoms with Gasteiger partial charge in [0.1, 0.15) is 0 Å². The zero-order chi connectivity index (χ0) is 13.8. The second kappa shape index (κ2) is 6.65. The van der Waals surface area contributed by atoms with Crippen LogP contribution in [0.1, 0.15) is 29.5 Å². The van der Waals surface area contributed by atoms with Crippen LogP contribution in [0.15, 0.2) is 11.0 Å². The first kappa shape index (κ1) is 15.6. The summed E-state index contributed by atoms with van der Waals surface area (Å²) < 4.78 is 26.9. The first-order valence-corrected chi connectivity index (χ1v) is 8.38. The van der Waals surface area contributed by atoms with Gasteiger partial charge in [-0.2, -0.15) is 0 Å². The summed E-state index contributed by atoms with van der Waals surface area (Å²) >= 11 is 1.49. The van der Waals surface area contributed by atoms with Crippen molar-refractivity contribution in [1.29, 1.82) is 0 Å². The SMILES string of the molecule is CCC(CCO)CNS(=O)(=O)c1cc(C)sc1C. The standard InChI is InChI=1S/C12H21NO3S2/c1-4-11(5-6-14)8-13-18(15,16)12-7-9(2)17-10(12)3/h7,11,13-14H,4-6,8H2,1-3H3. The molecule has 18 heavy (non-hydrogen) atoms. The van der Waals surface area contributed by atoms with Gasteiger partial charge in [-0.05, 0) is 32.3 Å². The van der Waals surface area contributed by atoms with Gasteiger partial charge in [0.25, 0.3) is 0 Å². The molecule has 0 spiro atoms. The van der Waals surface area contributed by atoms with Crippen LogP contribution in [-0.2, 0) is 10.0 Å². The molecule has 1 atom stereocenters. The second-order valence-corrected chi connectivity index (χ2v) is 7.61. The second-order valence-electron chi connectivity index (χ2n) is 4.42. The van der Waals surface area contributed by atoms with E-state index < -0.39 is 10.0 Å². The zero-order valence-corrected chi connectivity index (χ0v) is 12.7. The summed E-state index contributed by atoms with van der Waals surface area (Å²) in [6, 6.07) is 1.70. The molecule has 4 nitrogen and oxygen atoms in total. The van der Waals surface area contributed by atoms with Gasteiger partial charge in [0.2, 0.25) is 10.0 Å². The van der Waals surface area contributed by atoms with Crippen LogP contribution in [0.3, 0.4) is 0 Å². The summed E-state index contributed by atoms with van der Waals surface area (Å²) in [5.41, 5.74) is 0. The van der Waals surface area contributed by atoms with Crippen LogP contribution in [0, 0.1) is 19.8 Å². The molecule has 0 saturated heterocycles. The van der Waals surface area contributed by atoms with E-state index in [1.807, 2.05) is 20.8 Å². The van der Waals surface area contributed by atoms with Crippen LogP contribution in [0.5, 0.6) is 0 Å². The van der Waals surface area contributed by atoms with E-state index in [0.717, 1.165) is 16.2 Å². The summed E-state index contributed by atoms with van der Waals surface area (Å²) in [7, 11) is -3.41. The maximum Gasteiger partial charge on any atom is 0.241 e. The van der Waals surface area contributed by atoms with Gasteiger partial charge in [-0.15, -0.1) is 11.3 Å². The Morgan fingerprint density at radius 2 is 2.11 bits per heavy atom. The predicted octanol–water partition coefficient (Wildman–Crippen LogP) is 2.05. The number of thiophene rings is 1. The highest BCUT2D eigenvalue weighted by molar-refractivity contribution is 7.89. The van der Waals surface area contributed by atoms with Crippen LogP contribution in [0.4, 0.5) is 0 Å². The van der Waals surface area contributed by atoms with Gasteiger partial charge in [-0.3, -0.25) is 0 Å². The van der Waals surface area contributed by atoms with Gasteiger partial charge in [0.05, 0.1) is 4.90 Å². The van der Waals surface area contributed by atoms with Crippen LogP contribution in [-0.4, -0.2) is 26.7 Å². The lowest BCUT2D eigenvalue weighted by Crippen LogP contribution is -2.29. The summed E-state index contributed by atoms with van der Waals surface area (Å²) in [5.74, 6) is 0.185. The minimum atomic E-state index is -3.41. The average Bonchev–Trinajstić information content (AvgIpc) is 2.64. The molecule has 0 fully saturated rings. The minimum Gasteiger partial charge on any atom is -0.396 e. The zero-order valence-electron chi connectivity index (χ0n) is 11.1. The maximum absolute atomic E-state index is 12.1. The molecule has 0 radical (unpaired) electrons. The van der Waals surface area contributed by atoms with Crippen LogP contribution >= 0.6 is 11.3 Å². The third-order valence-electron chi connectivity index (χ3n) is 2.96. The quantitative estimate of drug-likeness (QED) is 0.808. The maximum atomic E-state index is 12.1. The first-order valence-electron chi connectivity index (χ1n) is 6.08. The lowest BCUT2D eigenvalue weighted by Gasteiger charge is -2.14. The van der Waals surface area contributed by atoms with Crippen LogP contribution < -0.4 is 4.72 Å². The molecule has 104 valence electrons. The Balaban J connectivity index is 2.74. The van der Waals surface area contributed by atoms with E-state index in [4.69, 9.17) is 5.11 Å². The molecular formula is C12H21NO3S2. The Kier molecular flexibility index (Phi) is 5.78. The fourth-order valence-electron chi connectivity index (χ4n) is 1.81. The molecule has 1 aromatic rings. The summed E-state index contributed by atoms with van der Waals surface area (Å²) in [6.07, 6.45) is 1.48. The first-order chi connectivity index (χ1) is 8.40. The Morgan fingerprint density at radius 1 is 1.44 bits per heavy atom. The Hall–Kier alpha value is -0.430. The van der Waals surface area contributed by atoms with Gasteiger partial charge < -0.3 is 5.11 Å². The monoisotopic (exact) mass is 291 g/mol. The molecule has 2 N–H and O–H groups in total. The highest BCUT2D eigenvalue weighted by Gasteiger charge is 2.20. The van der Waals surface area contributed by atoms with Crippen molar-refractivity contribution in [1.82, 2.24) is 4.72 Å². The third kappa shape index (κ3) is 4.05. The molecule has 0 saturated carbocycles. The number of hydrogen-bond donors (Lipinski definition) is 2. The molecule has 6 heteroatoms. The van der Waals surface area contributed by atoms with Crippen molar-refractivity contribution in [2.45, 2.75) is 38.5 Å². The van der Waals surface area contributed by atoms with Crippen molar-refractivity contribution < 1.29 is 13.5 Å². The Labute approximate surface area is 113 Å². The van der Waals surface area contributed by atoms with E-state index in [-0.39, 0.29) is 12.5 Å². The fourth-order valence-corrected chi connectivity index (χ4v) is 4.48. The number of nitrogens with one attached hydrogen (secondary N) is 1. The minimum absolute atomic E-state index is 0.0941. The highest BCUT2D eigenvalue weighted by Crippen LogP contribution is 2.24. The predicted molar refractivity (Wildman–Crippen MR) is 74.5 cm³/mol.